The van der Waals surface area contributed by atoms with Crippen LogP contribution in [0, 0.1) is 0 Å². The SMILES string of the molecule is C=C(C)CC(CC)c1ccc(CCc2ccc(OCCc3ccc(OC)cc3)cc2)c2c1CCC2.CCCN. The Labute approximate surface area is 237 Å². The lowest BCUT2D eigenvalue weighted by atomic mass is 9.84. The van der Waals surface area contributed by atoms with Crippen molar-refractivity contribution in [2.24, 2.45) is 5.73 Å². The second-order valence-corrected chi connectivity index (χ2v) is 10.8. The zero-order chi connectivity index (χ0) is 28.0. The summed E-state index contributed by atoms with van der Waals surface area (Å²) in [4.78, 5) is 0. The molecule has 39 heavy (non-hydrogen) atoms. The van der Waals surface area contributed by atoms with E-state index in [2.05, 4.69) is 75.9 Å². The van der Waals surface area contributed by atoms with E-state index >= 15 is 0 Å². The van der Waals surface area contributed by atoms with Crippen molar-refractivity contribution in [3.63, 3.8) is 0 Å². The predicted octanol–water partition coefficient (Wildman–Crippen LogP) is 8.41. The van der Waals surface area contributed by atoms with Crippen LogP contribution in [0.4, 0.5) is 0 Å². The van der Waals surface area contributed by atoms with E-state index in [0.717, 1.165) is 50.1 Å². The third-order valence-corrected chi connectivity index (χ3v) is 7.66. The molecule has 0 bridgehead atoms. The van der Waals surface area contributed by atoms with Crippen LogP contribution in [0.2, 0.25) is 0 Å². The molecule has 0 spiro atoms. The Hall–Kier alpha value is -3.04. The quantitative estimate of drug-likeness (QED) is 0.227. The van der Waals surface area contributed by atoms with Gasteiger partial charge in [0.05, 0.1) is 13.7 Å². The molecule has 0 radical (unpaired) electrons. The van der Waals surface area contributed by atoms with E-state index in [0.29, 0.717) is 12.5 Å². The minimum absolute atomic E-state index is 0.616. The van der Waals surface area contributed by atoms with Gasteiger partial charge >= 0.3 is 0 Å². The molecule has 0 saturated heterocycles. The molecule has 3 nitrogen and oxygen atoms in total. The lowest BCUT2D eigenvalue weighted by Crippen LogP contribution is -2.05. The molecule has 0 saturated carbocycles. The van der Waals surface area contributed by atoms with Crippen LogP contribution in [-0.2, 0) is 32.1 Å². The van der Waals surface area contributed by atoms with Crippen molar-refractivity contribution in [3.8, 4) is 11.5 Å². The first-order valence-electron chi connectivity index (χ1n) is 14.8. The maximum atomic E-state index is 5.98. The number of methoxy groups -OCH3 is 1. The Kier molecular flexibility index (Phi) is 12.6. The van der Waals surface area contributed by atoms with Crippen molar-refractivity contribution in [3.05, 3.63) is 106 Å². The minimum atomic E-state index is 0.616. The van der Waals surface area contributed by atoms with Crippen LogP contribution in [0.5, 0.6) is 11.5 Å². The highest BCUT2D eigenvalue weighted by Crippen LogP contribution is 2.36. The van der Waals surface area contributed by atoms with Crippen molar-refractivity contribution in [2.75, 3.05) is 20.3 Å². The molecular weight excluding hydrogens is 478 g/mol. The molecule has 3 aromatic rings. The Morgan fingerprint density at radius 1 is 0.846 bits per heavy atom. The molecule has 0 fully saturated rings. The Bertz CT molecular complexity index is 1150. The fourth-order valence-corrected chi connectivity index (χ4v) is 5.43. The van der Waals surface area contributed by atoms with E-state index in [9.17, 15) is 0 Å². The van der Waals surface area contributed by atoms with Gasteiger partial charge in [-0.15, -0.1) is 6.58 Å². The highest BCUT2D eigenvalue weighted by atomic mass is 16.5. The van der Waals surface area contributed by atoms with Crippen molar-refractivity contribution in [1.29, 1.82) is 0 Å². The Morgan fingerprint density at radius 2 is 1.46 bits per heavy atom. The predicted molar refractivity (Wildman–Crippen MR) is 166 cm³/mol. The van der Waals surface area contributed by atoms with Crippen molar-refractivity contribution >= 4 is 0 Å². The topological polar surface area (TPSA) is 44.5 Å². The van der Waals surface area contributed by atoms with Gasteiger partial charge in [0, 0.05) is 6.42 Å². The maximum absolute atomic E-state index is 5.98. The molecule has 0 heterocycles. The van der Waals surface area contributed by atoms with Gasteiger partial charge in [0.25, 0.3) is 0 Å². The van der Waals surface area contributed by atoms with Crippen LogP contribution in [0.15, 0.2) is 72.8 Å². The summed E-state index contributed by atoms with van der Waals surface area (Å²) in [5.41, 5.74) is 15.4. The van der Waals surface area contributed by atoms with Gasteiger partial charge in [-0.05, 0) is 128 Å². The number of fused-ring (bicyclic) bond motifs is 1. The first-order chi connectivity index (χ1) is 19.0. The second kappa shape index (κ2) is 16.2. The molecule has 4 rings (SSSR count). The number of nitrogens with two attached hydrogens (primary N) is 1. The number of rotatable bonds is 13. The van der Waals surface area contributed by atoms with Gasteiger partial charge in [-0.2, -0.15) is 0 Å². The Balaban J connectivity index is 0.000000983. The number of aryl methyl sites for hydroxylation is 2. The standard InChI is InChI=1S/C33H40O2.C3H9N/c1-5-27(23-24(2)3)32-20-15-28(31-7-6-8-33(31)32)14-9-25-12-18-30(19-13-25)35-22-21-26-10-16-29(34-4)17-11-26;1-2-3-4/h10-13,15-20,27H,2,5-9,14,21-23H2,1,3-4H3;2-4H2,1H3. The summed E-state index contributed by atoms with van der Waals surface area (Å²) < 4.78 is 11.2. The summed E-state index contributed by atoms with van der Waals surface area (Å²) in [5.74, 6) is 2.44. The number of hydrogen-bond donors (Lipinski definition) is 1. The molecule has 1 aliphatic carbocycles. The number of allylic oxidation sites excluding steroid dienone is 1. The molecular formula is C36H49NO2. The average molecular weight is 528 g/mol. The first kappa shape index (κ1) is 30.5. The zero-order valence-corrected chi connectivity index (χ0v) is 24.7. The van der Waals surface area contributed by atoms with Gasteiger partial charge in [-0.25, -0.2) is 0 Å². The largest absolute Gasteiger partial charge is 0.497 e. The van der Waals surface area contributed by atoms with E-state index in [1.807, 2.05) is 12.1 Å². The van der Waals surface area contributed by atoms with E-state index in [1.165, 1.54) is 42.4 Å². The molecule has 3 heteroatoms. The normalized spacial score (nSPS) is 12.7. The zero-order valence-electron chi connectivity index (χ0n) is 24.7. The number of hydrogen-bond acceptors (Lipinski definition) is 3. The molecule has 2 N–H and O–H groups in total. The summed E-state index contributed by atoms with van der Waals surface area (Å²) in [7, 11) is 1.69. The van der Waals surface area contributed by atoms with Gasteiger partial charge in [0.2, 0.25) is 0 Å². The van der Waals surface area contributed by atoms with E-state index in [4.69, 9.17) is 15.2 Å². The number of ether oxygens (including phenoxy) is 2. The molecule has 0 amide bonds. The average Bonchev–Trinajstić information content (AvgIpc) is 3.46. The van der Waals surface area contributed by atoms with Gasteiger partial charge in [-0.3, -0.25) is 0 Å². The fourth-order valence-electron chi connectivity index (χ4n) is 5.43. The van der Waals surface area contributed by atoms with E-state index < -0.39 is 0 Å². The van der Waals surface area contributed by atoms with Crippen LogP contribution >= 0.6 is 0 Å². The molecule has 210 valence electrons. The van der Waals surface area contributed by atoms with Crippen LogP contribution < -0.4 is 15.2 Å². The summed E-state index contributed by atoms with van der Waals surface area (Å²) in [6, 6.07) is 21.7. The monoisotopic (exact) mass is 527 g/mol. The summed E-state index contributed by atoms with van der Waals surface area (Å²) >= 11 is 0. The minimum Gasteiger partial charge on any atom is -0.497 e. The fraction of sp³-hybridized carbons (Fsp3) is 0.444. The van der Waals surface area contributed by atoms with Gasteiger partial charge in [-0.1, -0.05) is 55.8 Å². The molecule has 0 aliphatic heterocycles. The maximum Gasteiger partial charge on any atom is 0.119 e. The van der Waals surface area contributed by atoms with Crippen LogP contribution in [0.25, 0.3) is 0 Å². The molecule has 1 atom stereocenters. The summed E-state index contributed by atoms with van der Waals surface area (Å²) in [6.45, 7) is 12.2. The van der Waals surface area contributed by atoms with Crippen molar-refractivity contribution < 1.29 is 9.47 Å². The van der Waals surface area contributed by atoms with Crippen LogP contribution in [0.3, 0.4) is 0 Å². The third kappa shape index (κ3) is 9.28. The van der Waals surface area contributed by atoms with E-state index in [-0.39, 0.29) is 0 Å². The smallest absolute Gasteiger partial charge is 0.119 e. The van der Waals surface area contributed by atoms with Crippen molar-refractivity contribution in [2.45, 2.75) is 84.5 Å². The van der Waals surface area contributed by atoms with Gasteiger partial charge in [0.15, 0.2) is 0 Å². The molecule has 1 unspecified atom stereocenters. The van der Waals surface area contributed by atoms with Crippen LogP contribution in [-0.4, -0.2) is 20.3 Å². The summed E-state index contributed by atoms with van der Waals surface area (Å²) in [6.07, 6.45) is 10.2. The first-order valence-corrected chi connectivity index (χ1v) is 14.8. The van der Waals surface area contributed by atoms with Gasteiger partial charge in [0.1, 0.15) is 11.5 Å². The Morgan fingerprint density at radius 3 is 2.05 bits per heavy atom. The third-order valence-electron chi connectivity index (χ3n) is 7.66. The summed E-state index contributed by atoms with van der Waals surface area (Å²) in [5, 5.41) is 0. The van der Waals surface area contributed by atoms with Crippen molar-refractivity contribution in [1.82, 2.24) is 0 Å². The van der Waals surface area contributed by atoms with E-state index in [1.54, 1.807) is 29.4 Å². The highest BCUT2D eigenvalue weighted by molar-refractivity contribution is 5.46. The highest BCUT2D eigenvalue weighted by Gasteiger charge is 2.22. The molecule has 3 aromatic carbocycles. The van der Waals surface area contributed by atoms with Crippen LogP contribution in [0.1, 0.15) is 85.8 Å². The molecule has 1 aliphatic rings. The second-order valence-electron chi connectivity index (χ2n) is 10.8. The molecule has 0 aromatic heterocycles. The lowest BCUT2D eigenvalue weighted by molar-refractivity contribution is 0.322. The van der Waals surface area contributed by atoms with Gasteiger partial charge < -0.3 is 15.2 Å². The number of benzene rings is 3. The lowest BCUT2D eigenvalue weighted by Gasteiger charge is -2.21.